The topological polar surface area (TPSA) is 82.2 Å². The lowest BCUT2D eigenvalue weighted by Gasteiger charge is -2.05. The molecule has 14 heavy (non-hydrogen) atoms. The molecule has 0 saturated heterocycles. The van der Waals surface area contributed by atoms with Crippen LogP contribution < -0.4 is 11.1 Å². The number of ether oxygens (including phenoxy) is 1. The van der Waals surface area contributed by atoms with Gasteiger partial charge in [-0.15, -0.1) is 0 Å². The molecule has 0 saturated carbocycles. The molecule has 78 valence electrons. The number of nitrogen functional groups attached to an aromatic ring is 1. The van der Waals surface area contributed by atoms with Gasteiger partial charge in [0.05, 0.1) is 18.0 Å². The Bertz CT molecular complexity index is 345. The maximum atomic E-state index is 11.1. The van der Waals surface area contributed by atoms with E-state index in [-0.39, 0.29) is 0 Å². The fraction of sp³-hybridized carbons (Fsp3) is 0.500. The number of hydrogen-bond acceptors (Lipinski definition) is 4. The third-order valence-corrected chi connectivity index (χ3v) is 1.76. The molecular weight excluding hydrogens is 184 g/mol. The monoisotopic (exact) mass is 198 g/mol. The molecule has 0 aliphatic rings. The van der Waals surface area contributed by atoms with Gasteiger partial charge in [-0.05, 0) is 13.8 Å². The van der Waals surface area contributed by atoms with Gasteiger partial charge in [0, 0.05) is 7.05 Å². The number of aromatic nitrogens is 2. The largest absolute Gasteiger partial charge is 0.450 e. The van der Waals surface area contributed by atoms with Gasteiger partial charge in [0.25, 0.3) is 0 Å². The zero-order valence-corrected chi connectivity index (χ0v) is 8.50. The number of amides is 1. The highest BCUT2D eigenvalue weighted by molar-refractivity contribution is 5.87. The summed E-state index contributed by atoms with van der Waals surface area (Å²) in [6.07, 6.45) is -0.526. The average molecular weight is 198 g/mol. The molecule has 6 heteroatoms. The molecule has 1 aromatic rings. The third kappa shape index (κ3) is 1.95. The van der Waals surface area contributed by atoms with Gasteiger partial charge < -0.3 is 10.5 Å². The van der Waals surface area contributed by atoms with Crippen molar-refractivity contribution in [3.8, 4) is 0 Å². The van der Waals surface area contributed by atoms with Gasteiger partial charge in [0.15, 0.2) is 5.82 Å². The van der Waals surface area contributed by atoms with Crippen molar-refractivity contribution in [3.05, 3.63) is 5.69 Å². The van der Waals surface area contributed by atoms with E-state index >= 15 is 0 Å². The molecule has 0 fully saturated rings. The highest BCUT2D eigenvalue weighted by Crippen LogP contribution is 2.20. The minimum atomic E-state index is -0.526. The van der Waals surface area contributed by atoms with E-state index in [4.69, 9.17) is 10.5 Å². The fourth-order valence-corrected chi connectivity index (χ4v) is 1.09. The van der Waals surface area contributed by atoms with Crippen LogP contribution in [0.25, 0.3) is 0 Å². The zero-order chi connectivity index (χ0) is 10.7. The molecule has 0 spiro atoms. The van der Waals surface area contributed by atoms with Crippen LogP contribution in [0, 0.1) is 6.92 Å². The van der Waals surface area contributed by atoms with Crippen molar-refractivity contribution < 1.29 is 9.53 Å². The van der Waals surface area contributed by atoms with Crippen LogP contribution in [0.2, 0.25) is 0 Å². The van der Waals surface area contributed by atoms with Crippen molar-refractivity contribution in [1.29, 1.82) is 0 Å². The van der Waals surface area contributed by atoms with Crippen LogP contribution >= 0.6 is 0 Å². The lowest BCUT2D eigenvalue weighted by molar-refractivity contribution is 0.167. The second-order valence-corrected chi connectivity index (χ2v) is 2.82. The van der Waals surface area contributed by atoms with Crippen molar-refractivity contribution in [2.24, 2.45) is 7.05 Å². The summed E-state index contributed by atoms with van der Waals surface area (Å²) in [5, 5.41) is 6.56. The predicted octanol–water partition coefficient (Wildman–Crippen LogP) is 0.879. The standard InChI is InChI=1S/C8H14N4O2/c1-4-14-8(13)10-7-6(9)5(2)11-12(7)3/h4,9H2,1-3H3,(H,10,13). The highest BCUT2D eigenvalue weighted by atomic mass is 16.5. The number of nitrogens with one attached hydrogen (secondary N) is 1. The first-order valence-electron chi connectivity index (χ1n) is 4.29. The summed E-state index contributed by atoms with van der Waals surface area (Å²) in [7, 11) is 1.70. The minimum absolute atomic E-state index is 0.322. The molecule has 0 aliphatic carbocycles. The Kier molecular flexibility index (Phi) is 2.95. The summed E-state index contributed by atoms with van der Waals surface area (Å²) in [5.41, 5.74) is 6.83. The molecule has 6 nitrogen and oxygen atoms in total. The summed E-state index contributed by atoms with van der Waals surface area (Å²) in [4.78, 5) is 11.1. The van der Waals surface area contributed by atoms with E-state index in [9.17, 15) is 4.79 Å². The molecule has 0 aliphatic heterocycles. The Morgan fingerprint density at radius 1 is 1.71 bits per heavy atom. The van der Waals surface area contributed by atoms with Crippen LogP contribution in [0.4, 0.5) is 16.3 Å². The number of hydrogen-bond donors (Lipinski definition) is 2. The van der Waals surface area contributed by atoms with E-state index in [0.717, 1.165) is 0 Å². The Balaban J connectivity index is 2.81. The quantitative estimate of drug-likeness (QED) is 0.739. The van der Waals surface area contributed by atoms with Gasteiger partial charge >= 0.3 is 6.09 Å². The first-order valence-corrected chi connectivity index (χ1v) is 4.29. The number of carbonyl (C=O) groups is 1. The molecule has 0 radical (unpaired) electrons. The van der Waals surface area contributed by atoms with Crippen LogP contribution in [0.1, 0.15) is 12.6 Å². The predicted molar refractivity (Wildman–Crippen MR) is 53.0 cm³/mol. The van der Waals surface area contributed by atoms with E-state index in [0.29, 0.717) is 23.8 Å². The summed E-state index contributed by atoms with van der Waals surface area (Å²) < 4.78 is 6.22. The van der Waals surface area contributed by atoms with E-state index < -0.39 is 6.09 Å². The third-order valence-electron chi connectivity index (χ3n) is 1.76. The minimum Gasteiger partial charge on any atom is -0.450 e. The van der Waals surface area contributed by atoms with E-state index in [1.54, 1.807) is 20.9 Å². The van der Waals surface area contributed by atoms with Crippen molar-refractivity contribution in [2.75, 3.05) is 17.7 Å². The van der Waals surface area contributed by atoms with Crippen LogP contribution in [0.3, 0.4) is 0 Å². The summed E-state index contributed by atoms with van der Waals surface area (Å²) >= 11 is 0. The number of anilines is 2. The lowest BCUT2D eigenvalue weighted by Crippen LogP contribution is -2.16. The molecular formula is C8H14N4O2. The molecule has 0 aromatic carbocycles. The summed E-state index contributed by atoms with van der Waals surface area (Å²) in [6, 6.07) is 0. The van der Waals surface area contributed by atoms with E-state index in [1.165, 1.54) is 4.68 Å². The SMILES string of the molecule is CCOC(=O)Nc1c(N)c(C)nn1C. The van der Waals surface area contributed by atoms with Crippen LogP contribution in [-0.4, -0.2) is 22.5 Å². The van der Waals surface area contributed by atoms with Gasteiger partial charge in [-0.2, -0.15) is 5.10 Å². The Labute approximate surface area is 82.0 Å². The number of aryl methyl sites for hydroxylation is 2. The smallest absolute Gasteiger partial charge is 0.412 e. The van der Waals surface area contributed by atoms with Gasteiger partial charge in [-0.3, -0.25) is 10.00 Å². The molecule has 1 heterocycles. The van der Waals surface area contributed by atoms with E-state index in [1.807, 2.05) is 0 Å². The zero-order valence-electron chi connectivity index (χ0n) is 8.50. The van der Waals surface area contributed by atoms with Crippen LogP contribution in [0.15, 0.2) is 0 Å². The maximum absolute atomic E-state index is 11.1. The average Bonchev–Trinajstić information content (AvgIpc) is 2.33. The first kappa shape index (κ1) is 10.4. The van der Waals surface area contributed by atoms with Gasteiger partial charge in [0.1, 0.15) is 0 Å². The molecule has 0 bridgehead atoms. The number of rotatable bonds is 2. The summed E-state index contributed by atoms with van der Waals surface area (Å²) in [5.74, 6) is 0.459. The number of nitrogens with zero attached hydrogens (tertiary/aromatic N) is 2. The highest BCUT2D eigenvalue weighted by Gasteiger charge is 2.12. The second-order valence-electron chi connectivity index (χ2n) is 2.82. The number of carbonyl (C=O) groups excluding carboxylic acids is 1. The van der Waals surface area contributed by atoms with E-state index in [2.05, 4.69) is 10.4 Å². The number of nitrogens with two attached hydrogens (primary N) is 1. The molecule has 0 atom stereocenters. The van der Waals surface area contributed by atoms with Crippen molar-refractivity contribution >= 4 is 17.6 Å². The van der Waals surface area contributed by atoms with Gasteiger partial charge in [0.2, 0.25) is 0 Å². The van der Waals surface area contributed by atoms with Crippen molar-refractivity contribution in [1.82, 2.24) is 9.78 Å². The van der Waals surface area contributed by atoms with Crippen LogP contribution in [-0.2, 0) is 11.8 Å². The Hall–Kier alpha value is -1.72. The second kappa shape index (κ2) is 3.99. The molecule has 1 rings (SSSR count). The Morgan fingerprint density at radius 2 is 2.36 bits per heavy atom. The normalized spacial score (nSPS) is 9.93. The molecule has 1 amide bonds. The molecule has 1 aromatic heterocycles. The maximum Gasteiger partial charge on any atom is 0.412 e. The lowest BCUT2D eigenvalue weighted by atomic mass is 10.4. The molecule has 0 unspecified atom stereocenters. The van der Waals surface area contributed by atoms with Gasteiger partial charge in [-0.1, -0.05) is 0 Å². The fourth-order valence-electron chi connectivity index (χ4n) is 1.09. The first-order chi connectivity index (χ1) is 6.56. The van der Waals surface area contributed by atoms with Crippen molar-refractivity contribution in [3.63, 3.8) is 0 Å². The van der Waals surface area contributed by atoms with Crippen LogP contribution in [0.5, 0.6) is 0 Å². The Morgan fingerprint density at radius 3 is 2.79 bits per heavy atom. The summed E-state index contributed by atoms with van der Waals surface area (Å²) in [6.45, 7) is 3.83. The van der Waals surface area contributed by atoms with Gasteiger partial charge in [-0.25, -0.2) is 4.79 Å². The van der Waals surface area contributed by atoms with Crippen molar-refractivity contribution in [2.45, 2.75) is 13.8 Å². The molecule has 3 N–H and O–H groups in total.